The van der Waals surface area contributed by atoms with Crippen LogP contribution < -0.4 is 10.9 Å². The Bertz CT molecular complexity index is 1600. The number of amides is 1. The number of aryl methyl sites for hydroxylation is 2. The van der Waals surface area contributed by atoms with Crippen LogP contribution in [0.4, 0.5) is 10.1 Å². The molecule has 0 bridgehead atoms. The lowest BCUT2D eigenvalue weighted by atomic mass is 10.1. The molecule has 1 amide bonds. The van der Waals surface area contributed by atoms with E-state index < -0.39 is 11.7 Å². The maximum atomic E-state index is 13.9. The number of halogens is 1. The molecule has 0 saturated heterocycles. The fraction of sp³-hybridized carbons (Fsp3) is 0.115. The van der Waals surface area contributed by atoms with Gasteiger partial charge in [-0.15, -0.1) is 0 Å². The van der Waals surface area contributed by atoms with E-state index in [2.05, 4.69) is 10.3 Å². The number of benzene rings is 3. The molecular weight excluding hydrogens is 451 g/mol. The molecule has 3 aromatic carbocycles. The van der Waals surface area contributed by atoms with Crippen molar-refractivity contribution in [2.75, 3.05) is 11.1 Å². The average molecular weight is 473 g/mol. The molecule has 0 radical (unpaired) electrons. The Hall–Kier alpha value is -3.91. The van der Waals surface area contributed by atoms with Crippen LogP contribution in [0.15, 0.2) is 76.7 Å². The van der Waals surface area contributed by atoms with Gasteiger partial charge in [0, 0.05) is 10.9 Å². The van der Waals surface area contributed by atoms with E-state index in [1.165, 1.54) is 16.7 Å². The number of carbonyl (C=O) groups excluding carboxylic acids is 1. The van der Waals surface area contributed by atoms with Crippen molar-refractivity contribution in [3.05, 3.63) is 94.0 Å². The van der Waals surface area contributed by atoms with E-state index in [1.54, 1.807) is 12.1 Å². The van der Waals surface area contributed by atoms with E-state index in [-0.39, 0.29) is 17.0 Å². The number of para-hydroxylation sites is 2. The largest absolute Gasteiger partial charge is 0.349 e. The number of thioether (sulfide) groups is 1. The van der Waals surface area contributed by atoms with Crippen LogP contribution in [0.25, 0.3) is 27.6 Å². The summed E-state index contributed by atoms with van der Waals surface area (Å²) in [6.07, 6.45) is 0. The predicted molar refractivity (Wildman–Crippen MR) is 134 cm³/mol. The Balaban J connectivity index is 1.60. The highest BCUT2D eigenvalue weighted by Gasteiger charge is 2.19. The lowest BCUT2D eigenvalue weighted by Crippen LogP contribution is -2.23. The van der Waals surface area contributed by atoms with Crippen molar-refractivity contribution in [3.8, 4) is 5.69 Å². The maximum absolute atomic E-state index is 13.9. The molecule has 0 aliphatic heterocycles. The first-order valence-corrected chi connectivity index (χ1v) is 11.7. The highest BCUT2D eigenvalue weighted by molar-refractivity contribution is 7.99. The van der Waals surface area contributed by atoms with E-state index >= 15 is 0 Å². The molecule has 170 valence electrons. The molecule has 0 saturated carbocycles. The van der Waals surface area contributed by atoms with E-state index in [4.69, 9.17) is 4.98 Å². The Morgan fingerprint density at radius 2 is 1.76 bits per heavy atom. The van der Waals surface area contributed by atoms with Crippen LogP contribution in [-0.4, -0.2) is 26.2 Å². The summed E-state index contributed by atoms with van der Waals surface area (Å²) in [5.41, 5.74) is 4.32. The number of rotatable bonds is 5. The van der Waals surface area contributed by atoms with Crippen molar-refractivity contribution < 1.29 is 9.18 Å². The smallest absolute Gasteiger partial charge is 0.283 e. The monoisotopic (exact) mass is 472 g/mol. The molecule has 8 heteroatoms. The molecule has 0 spiro atoms. The fourth-order valence-corrected chi connectivity index (χ4v) is 4.83. The Labute approximate surface area is 198 Å². The second-order valence-electron chi connectivity index (χ2n) is 8.09. The molecule has 5 rings (SSSR count). The summed E-state index contributed by atoms with van der Waals surface area (Å²) >= 11 is 1.13. The lowest BCUT2D eigenvalue weighted by molar-refractivity contribution is -0.113. The summed E-state index contributed by atoms with van der Waals surface area (Å²) in [7, 11) is 0. The molecule has 2 heterocycles. The lowest BCUT2D eigenvalue weighted by Gasteiger charge is -2.14. The Morgan fingerprint density at radius 3 is 2.53 bits per heavy atom. The van der Waals surface area contributed by atoms with Crippen molar-refractivity contribution in [1.82, 2.24) is 14.5 Å². The van der Waals surface area contributed by atoms with Crippen LogP contribution in [0.5, 0.6) is 0 Å². The van der Waals surface area contributed by atoms with E-state index in [0.717, 1.165) is 33.8 Å². The second-order valence-corrected chi connectivity index (χ2v) is 9.03. The standard InChI is InChI=1S/C26H21FN4O2S/c1-15-11-16(2)13-17(12-15)31-25(33)24-23(18-7-3-5-9-20(18)29-24)30-26(31)34-14-22(32)28-21-10-6-4-8-19(21)27/h3-13,29H,14H2,1-2H3,(H,28,32). The molecule has 0 fully saturated rings. The molecule has 5 aromatic rings. The molecule has 6 nitrogen and oxygen atoms in total. The minimum Gasteiger partial charge on any atom is -0.349 e. The first-order valence-electron chi connectivity index (χ1n) is 10.7. The van der Waals surface area contributed by atoms with Crippen LogP contribution in [-0.2, 0) is 4.79 Å². The van der Waals surface area contributed by atoms with Gasteiger partial charge in [0.2, 0.25) is 5.91 Å². The summed E-state index contributed by atoms with van der Waals surface area (Å²) in [5, 5.41) is 3.80. The van der Waals surface area contributed by atoms with Gasteiger partial charge >= 0.3 is 0 Å². The maximum Gasteiger partial charge on any atom is 0.283 e. The molecular formula is C26H21FN4O2S. The first kappa shape index (κ1) is 21.9. The molecule has 0 atom stereocenters. The number of carbonyl (C=O) groups is 1. The third-order valence-corrected chi connectivity index (χ3v) is 6.38. The van der Waals surface area contributed by atoms with Gasteiger partial charge in [-0.3, -0.25) is 14.2 Å². The molecule has 2 aromatic heterocycles. The van der Waals surface area contributed by atoms with Gasteiger partial charge in [-0.1, -0.05) is 48.2 Å². The Kier molecular flexibility index (Phi) is 5.67. The molecule has 0 aliphatic carbocycles. The molecule has 0 unspecified atom stereocenters. The number of nitrogens with zero attached hydrogens (tertiary/aromatic N) is 2. The number of hydrogen-bond donors (Lipinski definition) is 2. The van der Waals surface area contributed by atoms with E-state index in [0.29, 0.717) is 21.9 Å². The number of anilines is 1. The summed E-state index contributed by atoms with van der Waals surface area (Å²) in [4.78, 5) is 34.2. The van der Waals surface area contributed by atoms with E-state index in [1.807, 2.05) is 56.3 Å². The fourth-order valence-electron chi connectivity index (χ4n) is 4.03. The normalized spacial score (nSPS) is 11.3. The summed E-state index contributed by atoms with van der Waals surface area (Å²) in [6, 6.07) is 19.4. The zero-order valence-corrected chi connectivity index (χ0v) is 19.4. The van der Waals surface area contributed by atoms with Gasteiger partial charge in [-0.05, 0) is 55.3 Å². The minimum atomic E-state index is -0.508. The molecule has 2 N–H and O–H groups in total. The van der Waals surface area contributed by atoms with Crippen molar-refractivity contribution in [3.63, 3.8) is 0 Å². The third kappa shape index (κ3) is 4.08. The number of aromatic nitrogens is 3. The van der Waals surface area contributed by atoms with Gasteiger partial charge < -0.3 is 10.3 Å². The van der Waals surface area contributed by atoms with Gasteiger partial charge in [0.15, 0.2) is 5.16 Å². The van der Waals surface area contributed by atoms with E-state index in [9.17, 15) is 14.0 Å². The number of H-pyrrole nitrogens is 1. The van der Waals surface area contributed by atoms with Gasteiger partial charge in [0.1, 0.15) is 16.9 Å². The van der Waals surface area contributed by atoms with Gasteiger partial charge in [0.25, 0.3) is 5.56 Å². The highest BCUT2D eigenvalue weighted by Crippen LogP contribution is 2.27. The van der Waals surface area contributed by atoms with Crippen LogP contribution >= 0.6 is 11.8 Å². The van der Waals surface area contributed by atoms with Crippen LogP contribution in [0.2, 0.25) is 0 Å². The van der Waals surface area contributed by atoms with Crippen LogP contribution in [0.3, 0.4) is 0 Å². The number of aromatic amines is 1. The molecule has 34 heavy (non-hydrogen) atoms. The first-order chi connectivity index (χ1) is 16.4. The van der Waals surface area contributed by atoms with Crippen molar-refractivity contribution in [1.29, 1.82) is 0 Å². The zero-order chi connectivity index (χ0) is 23.8. The second kappa shape index (κ2) is 8.79. The van der Waals surface area contributed by atoms with Gasteiger partial charge in [-0.2, -0.15) is 0 Å². The van der Waals surface area contributed by atoms with Crippen molar-refractivity contribution in [2.24, 2.45) is 0 Å². The zero-order valence-electron chi connectivity index (χ0n) is 18.6. The van der Waals surface area contributed by atoms with Crippen LogP contribution in [0, 0.1) is 19.7 Å². The van der Waals surface area contributed by atoms with Gasteiger partial charge in [-0.25, -0.2) is 9.37 Å². The summed E-state index contributed by atoms with van der Waals surface area (Å²) in [6.45, 7) is 3.93. The number of hydrogen-bond acceptors (Lipinski definition) is 4. The third-order valence-electron chi connectivity index (χ3n) is 5.44. The van der Waals surface area contributed by atoms with Crippen molar-refractivity contribution >= 4 is 45.3 Å². The summed E-state index contributed by atoms with van der Waals surface area (Å²) in [5.74, 6) is -0.943. The topological polar surface area (TPSA) is 79.8 Å². The average Bonchev–Trinajstić information content (AvgIpc) is 3.18. The Morgan fingerprint density at radius 1 is 1.06 bits per heavy atom. The predicted octanol–water partition coefficient (Wildman–Crippen LogP) is 5.35. The minimum absolute atomic E-state index is 0.0422. The highest BCUT2D eigenvalue weighted by atomic mass is 32.2. The quantitative estimate of drug-likeness (QED) is 0.267. The van der Waals surface area contributed by atoms with Gasteiger partial charge in [0.05, 0.1) is 17.1 Å². The van der Waals surface area contributed by atoms with Crippen molar-refractivity contribution in [2.45, 2.75) is 19.0 Å². The SMILES string of the molecule is Cc1cc(C)cc(-n2c(SCC(=O)Nc3ccccc3F)nc3c([nH]c4ccccc43)c2=O)c1. The number of fused-ring (bicyclic) bond motifs is 3. The number of nitrogens with one attached hydrogen (secondary N) is 2. The summed E-state index contributed by atoms with van der Waals surface area (Å²) < 4.78 is 15.5. The molecule has 0 aliphatic rings. The van der Waals surface area contributed by atoms with Crippen LogP contribution in [0.1, 0.15) is 11.1 Å².